The summed E-state index contributed by atoms with van der Waals surface area (Å²) in [7, 11) is 0. The van der Waals surface area contributed by atoms with E-state index in [1.165, 1.54) is 18.4 Å². The molecule has 2 heterocycles. The van der Waals surface area contributed by atoms with E-state index in [0.29, 0.717) is 17.7 Å². The lowest BCUT2D eigenvalue weighted by Gasteiger charge is -2.36. The van der Waals surface area contributed by atoms with E-state index < -0.39 is 0 Å². The molecule has 0 aromatic carbocycles. The first-order chi connectivity index (χ1) is 14.2. The van der Waals surface area contributed by atoms with Crippen molar-refractivity contribution in [3.8, 4) is 0 Å². The molecule has 3 rings (SSSR count). The topological polar surface area (TPSA) is 60.0 Å². The van der Waals surface area contributed by atoms with Crippen molar-refractivity contribution in [1.29, 1.82) is 0 Å². The summed E-state index contributed by atoms with van der Waals surface area (Å²) in [4.78, 5) is 21.9. The second-order valence-electron chi connectivity index (χ2n) is 8.25. The number of nitrogens with one attached hydrogen (secondary N) is 2. The third-order valence-electron chi connectivity index (χ3n) is 6.09. The van der Waals surface area contributed by atoms with E-state index in [1.54, 1.807) is 11.3 Å². The summed E-state index contributed by atoms with van der Waals surface area (Å²) >= 11 is 1.74. The molecule has 6 nitrogen and oxygen atoms in total. The molecule has 0 spiro atoms. The highest BCUT2D eigenvalue weighted by Crippen LogP contribution is 2.26. The fourth-order valence-corrected chi connectivity index (χ4v) is 4.97. The number of rotatable bonds is 8. The standard InChI is InChI=1S/C22H37N5OS.HI/c1-3-23-22(25-16-18(2)20-8-15-29-17-20)24-9-10-26-11-13-27(14-12-26)21(28)19-6-4-5-7-19;/h8,15,17-19H,3-7,9-14,16H2,1-2H3,(H2,23,24,25);1H. The zero-order chi connectivity index (χ0) is 20.5. The molecule has 1 amide bonds. The minimum atomic E-state index is 0. The Hall–Kier alpha value is -0.870. The number of carbonyl (C=O) groups is 1. The monoisotopic (exact) mass is 547 g/mol. The van der Waals surface area contributed by atoms with Crippen LogP contribution in [0.5, 0.6) is 0 Å². The van der Waals surface area contributed by atoms with Gasteiger partial charge in [0.2, 0.25) is 5.91 Å². The van der Waals surface area contributed by atoms with Crippen molar-refractivity contribution in [2.45, 2.75) is 45.4 Å². The largest absolute Gasteiger partial charge is 0.357 e. The third kappa shape index (κ3) is 7.67. The van der Waals surface area contributed by atoms with Gasteiger partial charge in [0.15, 0.2) is 5.96 Å². The normalized spacial score (nSPS) is 19.4. The molecule has 1 aromatic heterocycles. The summed E-state index contributed by atoms with van der Waals surface area (Å²) in [6.45, 7) is 11.5. The van der Waals surface area contributed by atoms with E-state index >= 15 is 0 Å². The van der Waals surface area contributed by atoms with Gasteiger partial charge in [-0.2, -0.15) is 11.3 Å². The number of aliphatic imine (C=N–C) groups is 1. The van der Waals surface area contributed by atoms with Gasteiger partial charge in [0.1, 0.15) is 0 Å². The van der Waals surface area contributed by atoms with E-state index in [0.717, 1.165) is 71.2 Å². The average Bonchev–Trinajstić information content (AvgIpc) is 3.46. The number of guanidine groups is 1. The second-order valence-corrected chi connectivity index (χ2v) is 9.03. The Morgan fingerprint density at radius 3 is 2.60 bits per heavy atom. The summed E-state index contributed by atoms with van der Waals surface area (Å²) in [5.41, 5.74) is 1.36. The van der Waals surface area contributed by atoms with Crippen molar-refractivity contribution in [2.75, 3.05) is 52.4 Å². The maximum atomic E-state index is 12.6. The molecule has 1 atom stereocenters. The summed E-state index contributed by atoms with van der Waals surface area (Å²) in [6, 6.07) is 2.18. The van der Waals surface area contributed by atoms with E-state index in [4.69, 9.17) is 4.99 Å². The number of nitrogens with zero attached hydrogens (tertiary/aromatic N) is 3. The lowest BCUT2D eigenvalue weighted by molar-refractivity contribution is -0.137. The van der Waals surface area contributed by atoms with E-state index in [9.17, 15) is 4.79 Å². The molecule has 0 radical (unpaired) electrons. The number of thiophene rings is 1. The van der Waals surface area contributed by atoms with Crippen LogP contribution < -0.4 is 10.6 Å². The Morgan fingerprint density at radius 2 is 1.97 bits per heavy atom. The first-order valence-electron chi connectivity index (χ1n) is 11.2. The minimum absolute atomic E-state index is 0. The van der Waals surface area contributed by atoms with E-state index in [1.807, 2.05) is 0 Å². The van der Waals surface area contributed by atoms with Gasteiger partial charge in [-0.1, -0.05) is 19.8 Å². The number of carbonyl (C=O) groups excluding carboxylic acids is 1. The van der Waals surface area contributed by atoms with Crippen LogP contribution >= 0.6 is 35.3 Å². The summed E-state index contributed by atoms with van der Waals surface area (Å²) in [5.74, 6) is 2.03. The first-order valence-corrected chi connectivity index (χ1v) is 12.2. The van der Waals surface area contributed by atoms with Crippen molar-refractivity contribution in [1.82, 2.24) is 20.4 Å². The van der Waals surface area contributed by atoms with E-state index in [-0.39, 0.29) is 24.0 Å². The van der Waals surface area contributed by atoms with Gasteiger partial charge in [0.05, 0.1) is 0 Å². The summed E-state index contributed by atoms with van der Waals surface area (Å²) in [6.07, 6.45) is 4.65. The van der Waals surface area contributed by atoms with Crippen molar-refractivity contribution >= 4 is 47.2 Å². The van der Waals surface area contributed by atoms with Gasteiger partial charge in [-0.3, -0.25) is 14.7 Å². The van der Waals surface area contributed by atoms with E-state index in [2.05, 4.69) is 51.1 Å². The number of amides is 1. The first kappa shape index (κ1) is 25.4. The minimum Gasteiger partial charge on any atom is -0.357 e. The quantitative estimate of drug-likeness (QED) is 0.298. The fourth-order valence-electron chi connectivity index (χ4n) is 4.19. The Bertz CT molecular complexity index is 640. The van der Waals surface area contributed by atoms with Crippen LogP contribution in [0.4, 0.5) is 0 Å². The molecule has 1 aromatic rings. The molecule has 0 bridgehead atoms. The van der Waals surface area contributed by atoms with Crippen molar-refractivity contribution in [2.24, 2.45) is 10.9 Å². The van der Waals surface area contributed by atoms with Gasteiger partial charge >= 0.3 is 0 Å². The molecular weight excluding hydrogens is 509 g/mol. The predicted octanol–water partition coefficient (Wildman–Crippen LogP) is 3.36. The molecule has 2 fully saturated rings. The molecule has 2 N–H and O–H groups in total. The SMILES string of the molecule is CCNC(=NCC(C)c1ccsc1)NCCN1CCN(C(=O)C2CCCC2)CC1.I. The highest BCUT2D eigenvalue weighted by atomic mass is 127. The van der Waals surface area contributed by atoms with Crippen LogP contribution in [0.15, 0.2) is 21.8 Å². The van der Waals surface area contributed by atoms with Crippen LogP contribution in [-0.4, -0.2) is 74.0 Å². The number of hydrogen-bond acceptors (Lipinski definition) is 4. The van der Waals surface area contributed by atoms with Crippen LogP contribution in [-0.2, 0) is 4.79 Å². The highest BCUT2D eigenvalue weighted by Gasteiger charge is 2.29. The van der Waals surface area contributed by atoms with Crippen LogP contribution in [0.1, 0.15) is 51.0 Å². The number of piperazine rings is 1. The Labute approximate surface area is 202 Å². The molecule has 1 unspecified atom stereocenters. The summed E-state index contributed by atoms with van der Waals surface area (Å²) in [5, 5.41) is 11.1. The van der Waals surface area contributed by atoms with Gasteiger partial charge in [-0.25, -0.2) is 0 Å². The molecule has 170 valence electrons. The molecule has 2 aliphatic rings. The van der Waals surface area contributed by atoms with Crippen LogP contribution in [0.3, 0.4) is 0 Å². The second kappa shape index (κ2) is 13.5. The fraction of sp³-hybridized carbons (Fsp3) is 0.727. The smallest absolute Gasteiger partial charge is 0.225 e. The highest BCUT2D eigenvalue weighted by molar-refractivity contribution is 14.0. The summed E-state index contributed by atoms with van der Waals surface area (Å²) < 4.78 is 0. The van der Waals surface area contributed by atoms with Crippen molar-refractivity contribution in [3.05, 3.63) is 22.4 Å². The Kier molecular flexibility index (Phi) is 11.4. The van der Waals surface area contributed by atoms with Gasteiger partial charge in [-0.15, -0.1) is 24.0 Å². The lowest BCUT2D eigenvalue weighted by Crippen LogP contribution is -2.51. The zero-order valence-electron chi connectivity index (χ0n) is 18.4. The lowest BCUT2D eigenvalue weighted by atomic mass is 10.1. The van der Waals surface area contributed by atoms with Crippen molar-refractivity contribution in [3.63, 3.8) is 0 Å². The third-order valence-corrected chi connectivity index (χ3v) is 6.79. The molecule has 8 heteroatoms. The van der Waals surface area contributed by atoms with Gasteiger partial charge in [-0.05, 0) is 42.2 Å². The van der Waals surface area contributed by atoms with Crippen LogP contribution in [0.2, 0.25) is 0 Å². The van der Waals surface area contributed by atoms with Gasteiger partial charge in [0, 0.05) is 64.2 Å². The van der Waals surface area contributed by atoms with Crippen LogP contribution in [0.25, 0.3) is 0 Å². The number of halogens is 1. The molecular formula is C22H38IN5OS. The molecule has 1 saturated carbocycles. The van der Waals surface area contributed by atoms with Gasteiger partial charge in [0.25, 0.3) is 0 Å². The molecule has 1 aliphatic carbocycles. The average molecular weight is 548 g/mol. The van der Waals surface area contributed by atoms with Crippen LogP contribution in [0, 0.1) is 5.92 Å². The Morgan fingerprint density at radius 1 is 1.23 bits per heavy atom. The molecule has 1 aliphatic heterocycles. The Balaban J connectivity index is 0.00000320. The molecule has 1 saturated heterocycles. The maximum Gasteiger partial charge on any atom is 0.225 e. The predicted molar refractivity (Wildman–Crippen MR) is 137 cm³/mol. The maximum absolute atomic E-state index is 12.6. The van der Waals surface area contributed by atoms with Gasteiger partial charge < -0.3 is 15.5 Å². The number of hydrogen-bond donors (Lipinski definition) is 2. The van der Waals surface area contributed by atoms with Crippen molar-refractivity contribution < 1.29 is 4.79 Å². The zero-order valence-corrected chi connectivity index (χ0v) is 21.6. The molecule has 30 heavy (non-hydrogen) atoms.